The Morgan fingerprint density at radius 2 is 1.83 bits per heavy atom. The number of rotatable bonds is 9. The highest BCUT2D eigenvalue weighted by molar-refractivity contribution is 5.91. The summed E-state index contributed by atoms with van der Waals surface area (Å²) < 4.78 is 5.70. The van der Waals surface area contributed by atoms with E-state index in [-0.39, 0.29) is 12.5 Å². The molecule has 0 radical (unpaired) electrons. The van der Waals surface area contributed by atoms with Gasteiger partial charge in [0.25, 0.3) is 5.91 Å². The van der Waals surface area contributed by atoms with Crippen molar-refractivity contribution >= 4 is 11.6 Å². The summed E-state index contributed by atoms with van der Waals surface area (Å²) in [5.74, 6) is 0.591. The van der Waals surface area contributed by atoms with Crippen molar-refractivity contribution in [2.75, 3.05) is 18.5 Å². The summed E-state index contributed by atoms with van der Waals surface area (Å²) >= 11 is 0. The Bertz CT molecular complexity index is 638. The van der Waals surface area contributed by atoms with Crippen LogP contribution < -0.4 is 15.4 Å². The number of hydrogen-bond donors (Lipinski definition) is 2. The van der Waals surface area contributed by atoms with Crippen LogP contribution in [0.15, 0.2) is 48.5 Å². The summed E-state index contributed by atoms with van der Waals surface area (Å²) in [6, 6.07) is 15.5. The molecule has 0 aliphatic rings. The number of unbranched alkanes of at least 4 members (excludes halogenated alkanes) is 1. The third-order valence-electron chi connectivity index (χ3n) is 3.69. The molecular formula is C20H26N2O2. The first-order valence-corrected chi connectivity index (χ1v) is 8.47. The van der Waals surface area contributed by atoms with Crippen molar-refractivity contribution in [1.29, 1.82) is 0 Å². The predicted molar refractivity (Wildman–Crippen MR) is 98.4 cm³/mol. The minimum Gasteiger partial charge on any atom is -0.483 e. The molecule has 0 fully saturated rings. The number of carbonyl (C=O) groups is 1. The molecule has 0 heterocycles. The molecule has 2 rings (SSSR count). The van der Waals surface area contributed by atoms with E-state index in [0.29, 0.717) is 0 Å². The van der Waals surface area contributed by atoms with Crippen molar-refractivity contribution < 1.29 is 9.53 Å². The predicted octanol–water partition coefficient (Wildman–Crippen LogP) is 3.90. The zero-order valence-corrected chi connectivity index (χ0v) is 14.5. The fourth-order valence-electron chi connectivity index (χ4n) is 2.29. The van der Waals surface area contributed by atoms with E-state index in [1.165, 1.54) is 6.42 Å². The van der Waals surface area contributed by atoms with Gasteiger partial charge in [0.2, 0.25) is 0 Å². The Morgan fingerprint density at radius 1 is 1.08 bits per heavy atom. The van der Waals surface area contributed by atoms with Crippen LogP contribution in [0.3, 0.4) is 0 Å². The highest BCUT2D eigenvalue weighted by Gasteiger charge is 2.07. The minimum atomic E-state index is -0.160. The van der Waals surface area contributed by atoms with E-state index >= 15 is 0 Å². The van der Waals surface area contributed by atoms with E-state index in [1.54, 1.807) is 0 Å². The second kappa shape index (κ2) is 9.73. The summed E-state index contributed by atoms with van der Waals surface area (Å²) in [5.41, 5.74) is 3.01. The van der Waals surface area contributed by atoms with Gasteiger partial charge in [-0.1, -0.05) is 49.2 Å². The number of aryl methyl sites for hydroxylation is 1. The van der Waals surface area contributed by atoms with Crippen LogP contribution in [0, 0.1) is 6.92 Å². The first-order valence-electron chi connectivity index (χ1n) is 8.47. The number of carbonyl (C=O) groups excluding carboxylic acids is 1. The lowest BCUT2D eigenvalue weighted by molar-refractivity contribution is -0.118. The van der Waals surface area contributed by atoms with Gasteiger partial charge in [0.15, 0.2) is 6.61 Å². The van der Waals surface area contributed by atoms with Gasteiger partial charge in [0, 0.05) is 17.8 Å². The van der Waals surface area contributed by atoms with Crippen molar-refractivity contribution in [3.63, 3.8) is 0 Å². The van der Waals surface area contributed by atoms with Gasteiger partial charge in [-0.05, 0) is 38.1 Å². The van der Waals surface area contributed by atoms with E-state index in [9.17, 15) is 4.79 Å². The molecule has 128 valence electrons. The number of para-hydroxylation sites is 1. The Hall–Kier alpha value is -2.33. The SMILES string of the molecule is CCCCNCc1ccccc1OCC(=O)Nc1ccc(C)cc1. The van der Waals surface area contributed by atoms with Gasteiger partial charge in [-0.3, -0.25) is 4.79 Å². The van der Waals surface area contributed by atoms with Gasteiger partial charge >= 0.3 is 0 Å². The second-order valence-electron chi connectivity index (χ2n) is 5.84. The van der Waals surface area contributed by atoms with Crippen molar-refractivity contribution in [2.45, 2.75) is 33.2 Å². The molecule has 2 N–H and O–H groups in total. The lowest BCUT2D eigenvalue weighted by Gasteiger charge is -2.12. The molecule has 24 heavy (non-hydrogen) atoms. The average molecular weight is 326 g/mol. The summed E-state index contributed by atoms with van der Waals surface area (Å²) in [4.78, 5) is 12.0. The zero-order chi connectivity index (χ0) is 17.2. The fourth-order valence-corrected chi connectivity index (χ4v) is 2.29. The van der Waals surface area contributed by atoms with Crippen LogP contribution in [0.2, 0.25) is 0 Å². The molecule has 0 bridgehead atoms. The van der Waals surface area contributed by atoms with E-state index in [4.69, 9.17) is 4.74 Å². The summed E-state index contributed by atoms with van der Waals surface area (Å²) in [5, 5.41) is 6.23. The number of nitrogens with one attached hydrogen (secondary N) is 2. The Kier molecular flexibility index (Phi) is 7.30. The van der Waals surface area contributed by atoms with E-state index in [0.717, 1.165) is 42.1 Å². The summed E-state index contributed by atoms with van der Waals surface area (Å²) in [6.45, 7) is 5.92. The maximum Gasteiger partial charge on any atom is 0.262 e. The van der Waals surface area contributed by atoms with Crippen molar-refractivity contribution in [1.82, 2.24) is 5.32 Å². The molecule has 1 amide bonds. The molecule has 0 atom stereocenters. The molecule has 4 nitrogen and oxygen atoms in total. The van der Waals surface area contributed by atoms with Gasteiger partial charge in [0.1, 0.15) is 5.75 Å². The molecule has 0 saturated carbocycles. The van der Waals surface area contributed by atoms with Crippen molar-refractivity contribution in [3.8, 4) is 5.75 Å². The molecule has 0 saturated heterocycles. The van der Waals surface area contributed by atoms with Crippen LogP contribution in [0.1, 0.15) is 30.9 Å². The number of amides is 1. The number of ether oxygens (including phenoxy) is 1. The normalized spacial score (nSPS) is 10.4. The third kappa shape index (κ3) is 6.05. The van der Waals surface area contributed by atoms with Gasteiger partial charge < -0.3 is 15.4 Å². The highest BCUT2D eigenvalue weighted by Crippen LogP contribution is 2.18. The first-order chi connectivity index (χ1) is 11.7. The van der Waals surface area contributed by atoms with Crippen LogP contribution in [0.4, 0.5) is 5.69 Å². The smallest absolute Gasteiger partial charge is 0.262 e. The fraction of sp³-hybridized carbons (Fsp3) is 0.350. The highest BCUT2D eigenvalue weighted by atomic mass is 16.5. The Balaban J connectivity index is 1.84. The largest absolute Gasteiger partial charge is 0.483 e. The zero-order valence-electron chi connectivity index (χ0n) is 14.5. The van der Waals surface area contributed by atoms with E-state index in [2.05, 4.69) is 17.6 Å². The van der Waals surface area contributed by atoms with Crippen LogP contribution in [0.5, 0.6) is 5.75 Å². The van der Waals surface area contributed by atoms with Crippen molar-refractivity contribution in [3.05, 3.63) is 59.7 Å². The lowest BCUT2D eigenvalue weighted by Crippen LogP contribution is -2.21. The lowest BCUT2D eigenvalue weighted by atomic mass is 10.2. The molecule has 0 aromatic heterocycles. The number of hydrogen-bond acceptors (Lipinski definition) is 3. The van der Waals surface area contributed by atoms with Gasteiger partial charge in [-0.25, -0.2) is 0 Å². The Labute approximate surface area is 144 Å². The number of anilines is 1. The topological polar surface area (TPSA) is 50.4 Å². The van der Waals surface area contributed by atoms with Crippen molar-refractivity contribution in [2.24, 2.45) is 0 Å². The quantitative estimate of drug-likeness (QED) is 0.687. The number of benzene rings is 2. The van der Waals surface area contributed by atoms with E-state index < -0.39 is 0 Å². The third-order valence-corrected chi connectivity index (χ3v) is 3.69. The summed E-state index contributed by atoms with van der Waals surface area (Å²) in [6.07, 6.45) is 2.33. The van der Waals surface area contributed by atoms with Gasteiger partial charge in [-0.2, -0.15) is 0 Å². The van der Waals surface area contributed by atoms with Crippen LogP contribution in [0.25, 0.3) is 0 Å². The Morgan fingerprint density at radius 3 is 2.58 bits per heavy atom. The summed E-state index contributed by atoms with van der Waals surface area (Å²) in [7, 11) is 0. The van der Waals surface area contributed by atoms with Crippen LogP contribution in [-0.4, -0.2) is 19.1 Å². The van der Waals surface area contributed by atoms with Gasteiger partial charge in [-0.15, -0.1) is 0 Å². The van der Waals surface area contributed by atoms with E-state index in [1.807, 2.05) is 55.5 Å². The van der Waals surface area contributed by atoms with Gasteiger partial charge in [0.05, 0.1) is 0 Å². The second-order valence-corrected chi connectivity index (χ2v) is 5.84. The molecule has 2 aromatic rings. The maximum absolute atomic E-state index is 12.0. The minimum absolute atomic E-state index is 0.000149. The molecule has 0 aliphatic carbocycles. The molecule has 4 heteroatoms. The average Bonchev–Trinajstić information content (AvgIpc) is 2.60. The molecule has 0 unspecified atom stereocenters. The molecule has 2 aromatic carbocycles. The monoisotopic (exact) mass is 326 g/mol. The standard InChI is InChI=1S/C20H26N2O2/c1-3-4-13-21-14-17-7-5-6-8-19(17)24-15-20(23)22-18-11-9-16(2)10-12-18/h5-12,21H,3-4,13-15H2,1-2H3,(H,22,23). The van der Waals surface area contributed by atoms with Crippen LogP contribution >= 0.6 is 0 Å². The molecule has 0 spiro atoms. The maximum atomic E-state index is 12.0. The van der Waals surface area contributed by atoms with Crippen LogP contribution in [-0.2, 0) is 11.3 Å². The molecular weight excluding hydrogens is 300 g/mol. The molecule has 0 aliphatic heterocycles. The first kappa shape index (κ1) is 18.0.